The van der Waals surface area contributed by atoms with Crippen LogP contribution < -0.4 is 0 Å². The zero-order valence-electron chi connectivity index (χ0n) is 14.0. The van der Waals surface area contributed by atoms with Gasteiger partial charge in [0.1, 0.15) is 0 Å². The number of methoxy groups -OCH3 is 1. The van der Waals surface area contributed by atoms with Crippen LogP contribution >= 0.6 is 0 Å². The zero-order chi connectivity index (χ0) is 14.4. The van der Waals surface area contributed by atoms with Gasteiger partial charge in [0, 0.05) is 18.7 Å². The predicted octanol–water partition coefficient (Wildman–Crippen LogP) is 4.48. The summed E-state index contributed by atoms with van der Waals surface area (Å²) >= 11 is 0. The average molecular weight is 257 g/mol. The normalized spacial score (nSPS) is 15.2. The molecule has 0 N–H and O–H groups in total. The lowest BCUT2D eigenvalue weighted by molar-refractivity contribution is -0.104. The zero-order valence-corrected chi connectivity index (χ0v) is 14.0. The number of unbranched alkanes of at least 4 members (excludes halogenated alkanes) is 1. The summed E-state index contributed by atoms with van der Waals surface area (Å²) in [6, 6.07) is 0.666. The summed E-state index contributed by atoms with van der Waals surface area (Å²) in [7, 11) is 4.08. The van der Waals surface area contributed by atoms with Crippen molar-refractivity contribution in [2.75, 3.05) is 14.2 Å². The fourth-order valence-electron chi connectivity index (χ4n) is 2.44. The van der Waals surface area contributed by atoms with E-state index in [0.29, 0.717) is 6.04 Å². The first kappa shape index (κ1) is 17.9. The van der Waals surface area contributed by atoms with Crippen molar-refractivity contribution in [2.45, 2.75) is 90.8 Å². The van der Waals surface area contributed by atoms with Crippen molar-refractivity contribution in [2.24, 2.45) is 0 Å². The molecule has 0 spiro atoms. The fourth-order valence-corrected chi connectivity index (χ4v) is 2.44. The molecular weight excluding hydrogens is 222 g/mol. The van der Waals surface area contributed by atoms with Gasteiger partial charge in [-0.2, -0.15) is 0 Å². The van der Waals surface area contributed by atoms with Crippen molar-refractivity contribution in [3.63, 3.8) is 0 Å². The third kappa shape index (κ3) is 4.24. The van der Waals surface area contributed by atoms with Gasteiger partial charge in [0.25, 0.3) is 0 Å². The summed E-state index contributed by atoms with van der Waals surface area (Å²) in [5, 5.41) is 0. The Labute approximate surface area is 115 Å². The lowest BCUT2D eigenvalue weighted by Gasteiger charge is -2.50. The summed E-state index contributed by atoms with van der Waals surface area (Å²) in [4.78, 5) is 2.54. The van der Waals surface area contributed by atoms with Gasteiger partial charge >= 0.3 is 0 Å². The van der Waals surface area contributed by atoms with Crippen LogP contribution in [0.1, 0.15) is 73.6 Å². The van der Waals surface area contributed by atoms with Gasteiger partial charge < -0.3 is 4.74 Å². The Morgan fingerprint density at radius 1 is 1.00 bits per heavy atom. The first-order valence-corrected chi connectivity index (χ1v) is 7.52. The summed E-state index contributed by atoms with van der Waals surface area (Å²) in [6.07, 6.45) is 6.42. The van der Waals surface area contributed by atoms with Crippen molar-refractivity contribution in [1.82, 2.24) is 4.90 Å². The van der Waals surface area contributed by atoms with Gasteiger partial charge in [0.15, 0.2) is 0 Å². The largest absolute Gasteiger partial charge is 0.377 e. The molecule has 1 unspecified atom stereocenters. The van der Waals surface area contributed by atoms with Crippen LogP contribution in [0.2, 0.25) is 0 Å². The quantitative estimate of drug-likeness (QED) is 0.604. The Morgan fingerprint density at radius 2 is 1.56 bits per heavy atom. The highest BCUT2D eigenvalue weighted by Crippen LogP contribution is 2.33. The first-order valence-electron chi connectivity index (χ1n) is 7.52. The molecule has 0 aromatic carbocycles. The molecule has 1 atom stereocenters. The third-order valence-corrected chi connectivity index (χ3v) is 4.93. The van der Waals surface area contributed by atoms with Crippen LogP contribution in [0.3, 0.4) is 0 Å². The minimum atomic E-state index is -0.139. The SMILES string of the molecule is CCCCC(CCC)N(C)C(C)(C)C(C)(C)OC. The molecule has 2 heteroatoms. The second kappa shape index (κ2) is 7.49. The Hall–Kier alpha value is -0.0800. The van der Waals surface area contributed by atoms with Gasteiger partial charge in [-0.05, 0) is 47.6 Å². The number of nitrogens with zero attached hydrogens (tertiary/aromatic N) is 1. The molecule has 0 aromatic heterocycles. The summed E-state index contributed by atoms with van der Waals surface area (Å²) in [5.74, 6) is 0. The highest BCUT2D eigenvalue weighted by Gasteiger charge is 2.42. The number of rotatable bonds is 9. The van der Waals surface area contributed by atoms with Gasteiger partial charge in [-0.1, -0.05) is 33.1 Å². The average Bonchev–Trinajstić information content (AvgIpc) is 2.33. The molecule has 0 heterocycles. The minimum absolute atomic E-state index is 0.0370. The van der Waals surface area contributed by atoms with E-state index < -0.39 is 0 Å². The van der Waals surface area contributed by atoms with Crippen molar-refractivity contribution >= 4 is 0 Å². The Bertz CT molecular complexity index is 223. The van der Waals surface area contributed by atoms with E-state index in [1.165, 1.54) is 32.1 Å². The van der Waals surface area contributed by atoms with E-state index in [-0.39, 0.29) is 11.1 Å². The molecule has 2 nitrogen and oxygen atoms in total. The van der Waals surface area contributed by atoms with Crippen LogP contribution in [0.4, 0.5) is 0 Å². The van der Waals surface area contributed by atoms with Gasteiger partial charge in [0.2, 0.25) is 0 Å². The van der Waals surface area contributed by atoms with E-state index in [1.54, 1.807) is 0 Å². The van der Waals surface area contributed by atoms with Crippen LogP contribution in [0.15, 0.2) is 0 Å². The fraction of sp³-hybridized carbons (Fsp3) is 1.00. The smallest absolute Gasteiger partial charge is 0.0800 e. The number of hydrogen-bond acceptors (Lipinski definition) is 2. The molecule has 0 amide bonds. The lowest BCUT2D eigenvalue weighted by atomic mass is 9.82. The summed E-state index contributed by atoms with van der Waals surface area (Å²) < 4.78 is 5.71. The minimum Gasteiger partial charge on any atom is -0.377 e. The monoisotopic (exact) mass is 257 g/mol. The van der Waals surface area contributed by atoms with Gasteiger partial charge in [-0.3, -0.25) is 4.90 Å². The molecule has 0 aromatic rings. The second-order valence-corrected chi connectivity index (χ2v) is 6.47. The highest BCUT2D eigenvalue weighted by molar-refractivity contribution is 4.97. The van der Waals surface area contributed by atoms with E-state index in [0.717, 1.165) is 0 Å². The molecule has 18 heavy (non-hydrogen) atoms. The van der Waals surface area contributed by atoms with Gasteiger partial charge in [-0.25, -0.2) is 0 Å². The van der Waals surface area contributed by atoms with Crippen molar-refractivity contribution in [1.29, 1.82) is 0 Å². The molecule has 0 aliphatic carbocycles. The molecule has 0 radical (unpaired) electrons. The number of ether oxygens (including phenoxy) is 1. The summed E-state index contributed by atoms with van der Waals surface area (Å²) in [5.41, 5.74) is -0.102. The highest BCUT2D eigenvalue weighted by atomic mass is 16.5. The van der Waals surface area contributed by atoms with E-state index in [9.17, 15) is 0 Å². The van der Waals surface area contributed by atoms with E-state index in [1.807, 2.05) is 7.11 Å². The number of hydrogen-bond donors (Lipinski definition) is 0. The van der Waals surface area contributed by atoms with E-state index in [4.69, 9.17) is 4.74 Å². The molecule has 110 valence electrons. The van der Waals surface area contributed by atoms with E-state index in [2.05, 4.69) is 53.5 Å². The van der Waals surface area contributed by atoms with Crippen LogP contribution in [0.5, 0.6) is 0 Å². The summed E-state index contributed by atoms with van der Waals surface area (Å²) in [6.45, 7) is 13.5. The molecular formula is C16H35NO. The van der Waals surface area contributed by atoms with Crippen molar-refractivity contribution in [3.8, 4) is 0 Å². The molecule has 0 saturated heterocycles. The van der Waals surface area contributed by atoms with Crippen molar-refractivity contribution in [3.05, 3.63) is 0 Å². The molecule has 0 bridgehead atoms. The Kier molecular flexibility index (Phi) is 7.46. The molecule has 0 aliphatic rings. The van der Waals surface area contributed by atoms with Gasteiger partial charge in [0.05, 0.1) is 5.60 Å². The van der Waals surface area contributed by atoms with Crippen LogP contribution in [0, 0.1) is 0 Å². The Balaban J connectivity index is 4.87. The standard InChI is InChI=1S/C16H35NO/c1-9-11-13-14(12-10-2)17(7)15(3,4)16(5,6)18-8/h14H,9-13H2,1-8H3. The third-order valence-electron chi connectivity index (χ3n) is 4.93. The predicted molar refractivity (Wildman–Crippen MR) is 81.2 cm³/mol. The van der Waals surface area contributed by atoms with Crippen LogP contribution in [-0.4, -0.2) is 36.2 Å². The maximum atomic E-state index is 5.71. The molecule has 0 aliphatic heterocycles. The Morgan fingerprint density at radius 3 is 1.94 bits per heavy atom. The van der Waals surface area contributed by atoms with Crippen LogP contribution in [-0.2, 0) is 4.74 Å². The van der Waals surface area contributed by atoms with E-state index >= 15 is 0 Å². The number of likely N-dealkylation sites (N-methyl/N-ethyl adjacent to an activating group) is 1. The maximum absolute atomic E-state index is 5.71. The molecule has 0 fully saturated rings. The van der Waals surface area contributed by atoms with Gasteiger partial charge in [-0.15, -0.1) is 0 Å². The van der Waals surface area contributed by atoms with Crippen LogP contribution in [0.25, 0.3) is 0 Å². The topological polar surface area (TPSA) is 12.5 Å². The maximum Gasteiger partial charge on any atom is 0.0800 e. The van der Waals surface area contributed by atoms with Crippen molar-refractivity contribution < 1.29 is 4.74 Å². The molecule has 0 rings (SSSR count). The first-order chi connectivity index (χ1) is 8.24. The lowest BCUT2D eigenvalue weighted by Crippen LogP contribution is -2.60. The second-order valence-electron chi connectivity index (χ2n) is 6.47. The molecule has 0 saturated carbocycles.